The third kappa shape index (κ3) is 5.11. The van der Waals surface area contributed by atoms with Crippen molar-refractivity contribution in [2.45, 2.75) is 33.0 Å². The zero-order valence-electron chi connectivity index (χ0n) is 16.5. The number of hydrogen-bond donors (Lipinski definition) is 1. The number of likely N-dealkylation sites (N-methyl/N-ethyl adjacent to an activating group) is 1. The molecule has 0 amide bonds. The van der Waals surface area contributed by atoms with E-state index in [0.29, 0.717) is 6.54 Å². The minimum Gasteiger partial charge on any atom is -0.508 e. The summed E-state index contributed by atoms with van der Waals surface area (Å²) in [7, 11) is 0. The molecule has 0 bridgehead atoms. The number of hydrogen-bond acceptors (Lipinski definition) is 2. The highest BCUT2D eigenvalue weighted by molar-refractivity contribution is 5.76. The first-order valence-corrected chi connectivity index (χ1v) is 9.57. The molecule has 0 saturated heterocycles. The van der Waals surface area contributed by atoms with E-state index in [1.165, 1.54) is 12.1 Å². The Morgan fingerprint density at radius 1 is 1.07 bits per heavy atom. The van der Waals surface area contributed by atoms with Gasteiger partial charge in [-0.15, -0.1) is 0 Å². The second-order valence-corrected chi connectivity index (χ2v) is 7.08. The Morgan fingerprint density at radius 3 is 2.41 bits per heavy atom. The van der Waals surface area contributed by atoms with Crippen molar-refractivity contribution >= 4 is 5.57 Å². The fourth-order valence-corrected chi connectivity index (χ4v) is 3.32. The highest BCUT2D eigenvalue weighted by atomic mass is 19.4. The van der Waals surface area contributed by atoms with Crippen LogP contribution in [0.3, 0.4) is 0 Å². The van der Waals surface area contributed by atoms with Crippen LogP contribution in [0, 0.1) is 6.92 Å². The van der Waals surface area contributed by atoms with Gasteiger partial charge in [-0.25, -0.2) is 0 Å². The molecule has 0 heterocycles. The maximum Gasteiger partial charge on any atom is 0.416 e. The molecule has 0 aliphatic heterocycles. The summed E-state index contributed by atoms with van der Waals surface area (Å²) in [5.41, 5.74) is 3.92. The second kappa shape index (κ2) is 8.60. The van der Waals surface area contributed by atoms with E-state index >= 15 is 0 Å². The summed E-state index contributed by atoms with van der Waals surface area (Å²) < 4.78 is 38.5. The van der Waals surface area contributed by atoms with Crippen molar-refractivity contribution in [3.8, 4) is 5.75 Å². The van der Waals surface area contributed by atoms with Gasteiger partial charge in [0.2, 0.25) is 0 Å². The second-order valence-electron chi connectivity index (χ2n) is 7.08. The van der Waals surface area contributed by atoms with Crippen LogP contribution in [0.15, 0.2) is 72.5 Å². The maximum atomic E-state index is 12.8. The van der Waals surface area contributed by atoms with Gasteiger partial charge in [-0.05, 0) is 66.8 Å². The number of aromatic hydroxyl groups is 1. The van der Waals surface area contributed by atoms with E-state index in [2.05, 4.69) is 17.9 Å². The van der Waals surface area contributed by atoms with E-state index in [1.54, 1.807) is 6.07 Å². The number of phenolic OH excluding ortho intramolecular Hbond substituents is 1. The average molecular weight is 399 g/mol. The van der Waals surface area contributed by atoms with Crippen molar-refractivity contribution in [1.29, 1.82) is 0 Å². The monoisotopic (exact) mass is 399 g/mol. The molecule has 1 aliphatic rings. The molecule has 152 valence electrons. The van der Waals surface area contributed by atoms with Gasteiger partial charge in [0.1, 0.15) is 5.75 Å². The van der Waals surface area contributed by atoms with Gasteiger partial charge < -0.3 is 10.0 Å². The fourth-order valence-electron chi connectivity index (χ4n) is 3.32. The Morgan fingerprint density at radius 2 is 1.79 bits per heavy atom. The predicted octanol–water partition coefficient (Wildman–Crippen LogP) is 6.47. The number of allylic oxidation sites excluding steroid dienone is 5. The number of alkyl halides is 3. The summed E-state index contributed by atoms with van der Waals surface area (Å²) in [6.07, 6.45) is 4.51. The van der Waals surface area contributed by atoms with Crippen LogP contribution in [0.1, 0.15) is 35.6 Å². The smallest absolute Gasteiger partial charge is 0.416 e. The van der Waals surface area contributed by atoms with E-state index in [-0.39, 0.29) is 5.75 Å². The van der Waals surface area contributed by atoms with Crippen molar-refractivity contribution in [2.75, 3.05) is 6.54 Å². The normalized spacial score (nSPS) is 14.2. The highest BCUT2D eigenvalue weighted by Gasteiger charge is 2.30. The minimum atomic E-state index is -4.33. The molecule has 1 aliphatic carbocycles. The van der Waals surface area contributed by atoms with Crippen molar-refractivity contribution in [2.24, 2.45) is 0 Å². The summed E-state index contributed by atoms with van der Waals surface area (Å²) in [5, 5.41) is 9.74. The Bertz CT molecular complexity index is 953. The summed E-state index contributed by atoms with van der Waals surface area (Å²) >= 11 is 0. The number of rotatable bonds is 5. The van der Waals surface area contributed by atoms with E-state index < -0.39 is 11.7 Å². The maximum absolute atomic E-state index is 12.8. The van der Waals surface area contributed by atoms with Crippen LogP contribution in [0.2, 0.25) is 0 Å². The molecule has 2 aromatic rings. The molecule has 1 N–H and O–H groups in total. The summed E-state index contributed by atoms with van der Waals surface area (Å²) in [5.74, 6) is 0.277. The Kier molecular flexibility index (Phi) is 6.16. The lowest BCUT2D eigenvalue weighted by atomic mass is 10.0. The molecule has 0 radical (unpaired) electrons. The molecule has 0 unspecified atom stereocenters. The van der Waals surface area contributed by atoms with E-state index in [1.807, 2.05) is 37.3 Å². The molecule has 0 fully saturated rings. The quantitative estimate of drug-likeness (QED) is 0.623. The van der Waals surface area contributed by atoms with Gasteiger partial charge in [-0.1, -0.05) is 42.5 Å². The van der Waals surface area contributed by atoms with Gasteiger partial charge in [0, 0.05) is 18.8 Å². The molecule has 0 saturated carbocycles. The number of phenols is 1. The zero-order valence-corrected chi connectivity index (χ0v) is 16.5. The van der Waals surface area contributed by atoms with Crippen LogP contribution in [0.25, 0.3) is 5.57 Å². The van der Waals surface area contributed by atoms with Gasteiger partial charge in [-0.3, -0.25) is 0 Å². The summed E-state index contributed by atoms with van der Waals surface area (Å²) in [6, 6.07) is 10.8. The molecule has 0 atom stereocenters. The van der Waals surface area contributed by atoms with E-state index in [0.717, 1.165) is 53.1 Å². The molecule has 3 rings (SSSR count). The van der Waals surface area contributed by atoms with Crippen molar-refractivity contribution in [3.63, 3.8) is 0 Å². The van der Waals surface area contributed by atoms with Gasteiger partial charge >= 0.3 is 6.18 Å². The highest BCUT2D eigenvalue weighted by Crippen LogP contribution is 2.31. The molecule has 0 spiro atoms. The first kappa shape index (κ1) is 20.8. The van der Waals surface area contributed by atoms with Crippen LogP contribution < -0.4 is 0 Å². The number of nitrogens with zero attached hydrogens (tertiary/aromatic N) is 1. The lowest BCUT2D eigenvalue weighted by Gasteiger charge is -2.25. The summed E-state index contributed by atoms with van der Waals surface area (Å²) in [6.45, 7) is 5.40. The third-order valence-electron chi connectivity index (χ3n) is 4.99. The predicted molar refractivity (Wildman–Crippen MR) is 110 cm³/mol. The number of benzene rings is 2. The largest absolute Gasteiger partial charge is 0.508 e. The van der Waals surface area contributed by atoms with Crippen molar-refractivity contribution in [3.05, 3.63) is 94.7 Å². The molecule has 5 heteroatoms. The molecule has 2 aromatic carbocycles. The van der Waals surface area contributed by atoms with E-state index in [4.69, 9.17) is 0 Å². The molecular formula is C24H24F3NO. The van der Waals surface area contributed by atoms with E-state index in [9.17, 15) is 18.3 Å². The van der Waals surface area contributed by atoms with Crippen molar-refractivity contribution in [1.82, 2.24) is 4.90 Å². The number of aryl methyl sites for hydroxylation is 1. The Labute approximate surface area is 169 Å². The van der Waals surface area contributed by atoms with Crippen LogP contribution >= 0.6 is 0 Å². The first-order valence-electron chi connectivity index (χ1n) is 9.57. The standard InChI is InChI=1S/C24H24F3NO/c1-3-28(16-18-8-13-23(29)17(2)14-18)22-7-5-4-6-20(15-22)19-9-11-21(12-10-19)24(25,26)27/h4,6-15,29H,3,5,16H2,1-2H3. The lowest BCUT2D eigenvalue weighted by molar-refractivity contribution is -0.137. The van der Waals surface area contributed by atoms with Crippen LogP contribution in [0.4, 0.5) is 13.2 Å². The van der Waals surface area contributed by atoms with Gasteiger partial charge in [0.15, 0.2) is 0 Å². The van der Waals surface area contributed by atoms with Crippen LogP contribution in [-0.4, -0.2) is 16.6 Å². The summed E-state index contributed by atoms with van der Waals surface area (Å²) in [4.78, 5) is 2.21. The molecular weight excluding hydrogens is 375 g/mol. The SMILES string of the molecule is CCN(Cc1ccc(O)c(C)c1)C1=CCC=CC(c2ccc(C(F)(F)F)cc2)=C1. The van der Waals surface area contributed by atoms with Crippen LogP contribution in [-0.2, 0) is 12.7 Å². The zero-order chi connectivity index (χ0) is 21.0. The van der Waals surface area contributed by atoms with Gasteiger partial charge in [-0.2, -0.15) is 13.2 Å². The fraction of sp³-hybridized carbons (Fsp3) is 0.250. The van der Waals surface area contributed by atoms with Crippen LogP contribution in [0.5, 0.6) is 5.75 Å². The first-order chi connectivity index (χ1) is 13.8. The van der Waals surface area contributed by atoms with Crippen molar-refractivity contribution < 1.29 is 18.3 Å². The Hall–Kier alpha value is -2.95. The molecule has 29 heavy (non-hydrogen) atoms. The lowest BCUT2D eigenvalue weighted by Crippen LogP contribution is -2.21. The van der Waals surface area contributed by atoms with Gasteiger partial charge in [0.25, 0.3) is 0 Å². The topological polar surface area (TPSA) is 23.5 Å². The molecule has 2 nitrogen and oxygen atoms in total. The Balaban J connectivity index is 1.86. The van der Waals surface area contributed by atoms with Gasteiger partial charge in [0.05, 0.1) is 5.56 Å². The number of halogens is 3. The minimum absolute atomic E-state index is 0.277. The third-order valence-corrected chi connectivity index (χ3v) is 4.99. The average Bonchev–Trinajstić information content (AvgIpc) is 2.94. The molecule has 0 aromatic heterocycles.